The Morgan fingerprint density at radius 2 is 0.900 bits per heavy atom. The molecular formula is C28H64N12. The van der Waals surface area contributed by atoms with E-state index in [0.29, 0.717) is 0 Å². The highest BCUT2D eigenvalue weighted by Gasteiger charge is 2.26. The second-order valence-electron chi connectivity index (χ2n) is 10.4. The van der Waals surface area contributed by atoms with Crippen molar-refractivity contribution in [3.05, 3.63) is 0 Å². The van der Waals surface area contributed by atoms with Gasteiger partial charge in [0.15, 0.2) is 0 Å². The van der Waals surface area contributed by atoms with Crippen LogP contribution in [-0.2, 0) is 0 Å². The zero-order valence-electron chi connectivity index (χ0n) is 26.1. The summed E-state index contributed by atoms with van der Waals surface area (Å²) in [5, 5.41) is 32.7. The normalized spacial score (nSPS) is 15.6. The highest BCUT2D eigenvalue weighted by molar-refractivity contribution is 4.73. The summed E-state index contributed by atoms with van der Waals surface area (Å²) < 4.78 is 0. The summed E-state index contributed by atoms with van der Waals surface area (Å²) in [6, 6.07) is 0. The van der Waals surface area contributed by atoms with Crippen LogP contribution in [0.15, 0.2) is 20.5 Å². The highest BCUT2D eigenvalue weighted by atomic mass is 15.7. The number of nitrogens with one attached hydrogen (secondary N) is 2. The standard InChI is InChI=1S/2C14H32N6/c15-5-3-9-17(19-11-12-19)7-1-2-8-18(10-4-6-16)20-13-14-20;1-3-17-19-13-7-11-15-9-5-6-10-16-12-8-14-20-18-4-2/h1-16H2;15-16H,3-14H2,1-2H3. The molecule has 0 bridgehead atoms. The van der Waals surface area contributed by atoms with Crippen molar-refractivity contribution >= 4 is 0 Å². The number of hydrazine groups is 2. The Morgan fingerprint density at radius 1 is 0.525 bits per heavy atom. The van der Waals surface area contributed by atoms with Crippen molar-refractivity contribution in [2.24, 2.45) is 31.9 Å². The van der Waals surface area contributed by atoms with Crippen LogP contribution in [0.4, 0.5) is 0 Å². The Hall–Kier alpha value is -1.12. The lowest BCUT2D eigenvalue weighted by Crippen LogP contribution is -2.35. The van der Waals surface area contributed by atoms with E-state index in [4.69, 9.17) is 11.5 Å². The molecule has 0 atom stereocenters. The molecule has 0 amide bonds. The van der Waals surface area contributed by atoms with Crippen LogP contribution in [-0.4, -0.2) is 138 Å². The van der Waals surface area contributed by atoms with Crippen molar-refractivity contribution in [3.63, 3.8) is 0 Å². The Kier molecular flexibility index (Phi) is 25.9. The molecule has 0 saturated carbocycles. The zero-order valence-corrected chi connectivity index (χ0v) is 26.1. The number of rotatable bonds is 28. The third kappa shape index (κ3) is 23.6. The summed E-state index contributed by atoms with van der Waals surface area (Å²) in [4.78, 5) is 0. The van der Waals surface area contributed by atoms with E-state index in [0.717, 1.165) is 104 Å². The molecule has 2 aliphatic rings. The summed E-state index contributed by atoms with van der Waals surface area (Å²) in [7, 11) is 0. The quantitative estimate of drug-likeness (QED) is 0.0640. The molecule has 0 radical (unpaired) electrons. The van der Waals surface area contributed by atoms with E-state index in [1.54, 1.807) is 0 Å². The lowest BCUT2D eigenvalue weighted by molar-refractivity contribution is 0.0672. The predicted octanol–water partition coefficient (Wildman–Crippen LogP) is 2.20. The van der Waals surface area contributed by atoms with Crippen LogP contribution in [0.5, 0.6) is 0 Å². The minimum absolute atomic E-state index is 0.794. The Bertz CT molecular complexity index is 534. The molecule has 2 saturated heterocycles. The summed E-state index contributed by atoms with van der Waals surface area (Å²) >= 11 is 0. The van der Waals surface area contributed by atoms with Crippen molar-refractivity contribution in [3.8, 4) is 0 Å². The fourth-order valence-electron chi connectivity index (χ4n) is 4.22. The fourth-order valence-corrected chi connectivity index (χ4v) is 4.22. The van der Waals surface area contributed by atoms with Crippen molar-refractivity contribution in [1.29, 1.82) is 0 Å². The third-order valence-electron chi connectivity index (χ3n) is 6.63. The smallest absolute Gasteiger partial charge is 0.0610 e. The second kappa shape index (κ2) is 28.0. The summed E-state index contributed by atoms with van der Waals surface area (Å²) in [5.41, 5.74) is 11.2. The first-order valence-corrected chi connectivity index (χ1v) is 16.2. The molecule has 2 heterocycles. The maximum atomic E-state index is 5.61. The number of hydrogen-bond donors (Lipinski definition) is 4. The second-order valence-corrected chi connectivity index (χ2v) is 10.4. The highest BCUT2D eigenvalue weighted by Crippen LogP contribution is 2.14. The molecule has 2 rings (SSSR count). The van der Waals surface area contributed by atoms with Crippen LogP contribution in [0.2, 0.25) is 0 Å². The van der Waals surface area contributed by atoms with Crippen LogP contribution < -0.4 is 22.1 Å². The Balaban J connectivity index is 0.000000400. The third-order valence-corrected chi connectivity index (χ3v) is 6.63. The molecule has 6 N–H and O–H groups in total. The van der Waals surface area contributed by atoms with Gasteiger partial charge in [0.1, 0.15) is 0 Å². The number of hydrogen-bond acceptors (Lipinski definition) is 12. The molecule has 0 aliphatic carbocycles. The van der Waals surface area contributed by atoms with Gasteiger partial charge >= 0.3 is 0 Å². The van der Waals surface area contributed by atoms with Gasteiger partial charge < -0.3 is 22.1 Å². The van der Waals surface area contributed by atoms with Crippen LogP contribution in [0, 0.1) is 0 Å². The van der Waals surface area contributed by atoms with E-state index in [9.17, 15) is 0 Å². The first kappa shape index (κ1) is 36.9. The van der Waals surface area contributed by atoms with Gasteiger partial charge in [-0.15, -0.1) is 0 Å². The Morgan fingerprint density at radius 3 is 1.25 bits per heavy atom. The summed E-state index contributed by atoms with van der Waals surface area (Å²) in [6.07, 6.45) is 9.35. The van der Waals surface area contributed by atoms with E-state index in [2.05, 4.69) is 51.1 Å². The van der Waals surface area contributed by atoms with Crippen LogP contribution in [0.3, 0.4) is 0 Å². The zero-order chi connectivity index (χ0) is 28.9. The first-order valence-electron chi connectivity index (χ1n) is 16.2. The van der Waals surface area contributed by atoms with E-state index in [1.165, 1.54) is 65.0 Å². The maximum absolute atomic E-state index is 5.61. The van der Waals surface area contributed by atoms with Crippen molar-refractivity contribution in [2.75, 3.05) is 118 Å². The van der Waals surface area contributed by atoms with E-state index in [-0.39, 0.29) is 0 Å². The van der Waals surface area contributed by atoms with Crippen molar-refractivity contribution in [1.82, 2.24) is 30.7 Å². The van der Waals surface area contributed by atoms with Gasteiger partial charge in [0.25, 0.3) is 0 Å². The largest absolute Gasteiger partial charge is 0.330 e. The molecule has 0 unspecified atom stereocenters. The van der Waals surface area contributed by atoms with Crippen molar-refractivity contribution < 1.29 is 0 Å². The minimum atomic E-state index is 0.794. The first-order chi connectivity index (χ1) is 19.8. The summed E-state index contributed by atoms with van der Waals surface area (Å²) in [5.74, 6) is 0. The van der Waals surface area contributed by atoms with E-state index in [1.807, 2.05) is 13.8 Å². The van der Waals surface area contributed by atoms with Gasteiger partial charge in [0.05, 0.1) is 26.2 Å². The van der Waals surface area contributed by atoms with Gasteiger partial charge in [0, 0.05) is 52.4 Å². The summed E-state index contributed by atoms with van der Waals surface area (Å²) in [6.45, 7) is 22.7. The molecule has 2 aliphatic heterocycles. The van der Waals surface area contributed by atoms with Gasteiger partial charge in [-0.05, 0) is 104 Å². The number of unbranched alkanes of at least 4 members (excludes halogenated alkanes) is 2. The SMILES string of the molecule is CCN=NCCCNCCCCNCCCN=NCC.NCCCN(CCCCN(CCCN)N1CC1)N1CC1. The van der Waals surface area contributed by atoms with Gasteiger partial charge in [-0.3, -0.25) is 0 Å². The van der Waals surface area contributed by atoms with E-state index >= 15 is 0 Å². The van der Waals surface area contributed by atoms with Crippen LogP contribution in [0.1, 0.15) is 65.2 Å². The lowest BCUT2D eigenvalue weighted by atomic mass is 10.3. The average Bonchev–Trinajstić information content (AvgIpc) is 3.88. The van der Waals surface area contributed by atoms with Gasteiger partial charge in [-0.2, -0.15) is 20.5 Å². The Labute approximate surface area is 245 Å². The van der Waals surface area contributed by atoms with Gasteiger partial charge in [-0.1, -0.05) is 0 Å². The lowest BCUT2D eigenvalue weighted by Gasteiger charge is -2.25. The van der Waals surface area contributed by atoms with Crippen LogP contribution in [0.25, 0.3) is 0 Å². The minimum Gasteiger partial charge on any atom is -0.330 e. The van der Waals surface area contributed by atoms with Crippen molar-refractivity contribution in [2.45, 2.75) is 65.2 Å². The monoisotopic (exact) mass is 569 g/mol. The van der Waals surface area contributed by atoms with Crippen LogP contribution >= 0.6 is 0 Å². The molecule has 2 fully saturated rings. The molecule has 12 nitrogen and oxygen atoms in total. The average molecular weight is 569 g/mol. The number of nitrogens with two attached hydrogens (primary N) is 2. The van der Waals surface area contributed by atoms with Gasteiger partial charge in [-0.25, -0.2) is 20.0 Å². The molecule has 0 aromatic heterocycles. The van der Waals surface area contributed by atoms with Gasteiger partial charge in [0.2, 0.25) is 0 Å². The molecule has 12 heteroatoms. The molecule has 40 heavy (non-hydrogen) atoms. The fraction of sp³-hybridized carbons (Fsp3) is 1.00. The van der Waals surface area contributed by atoms with E-state index < -0.39 is 0 Å². The molecular weight excluding hydrogens is 504 g/mol. The molecule has 0 aromatic carbocycles. The number of nitrogens with zero attached hydrogens (tertiary/aromatic N) is 8. The molecule has 0 spiro atoms. The molecule has 0 aromatic rings. The molecule has 236 valence electrons. The maximum Gasteiger partial charge on any atom is 0.0610 e. The predicted molar refractivity (Wildman–Crippen MR) is 168 cm³/mol. The number of azo groups is 2. The topological polar surface area (TPSA) is 138 Å².